The van der Waals surface area contributed by atoms with Gasteiger partial charge in [0, 0.05) is 12.5 Å². The molecule has 17 heavy (non-hydrogen) atoms. The van der Waals surface area contributed by atoms with Gasteiger partial charge in [-0.05, 0) is 23.2 Å². The molecule has 5 heteroatoms. The molecule has 2 aromatic rings. The summed E-state index contributed by atoms with van der Waals surface area (Å²) in [5.74, 6) is 1.48. The van der Waals surface area contributed by atoms with Gasteiger partial charge in [-0.15, -0.1) is 4.91 Å². The fraction of sp³-hybridized carbons (Fsp3) is 0.333. The smallest absolute Gasteiger partial charge is 0.197 e. The molecule has 0 aliphatic rings. The molecular formula is C12H13N3O2. The molecule has 5 nitrogen and oxygen atoms in total. The number of rotatable bonds is 4. The molecule has 0 spiro atoms. The lowest BCUT2D eigenvalue weighted by Crippen LogP contribution is -1.90. The van der Waals surface area contributed by atoms with Crippen LogP contribution in [0, 0.1) is 10.8 Å². The zero-order chi connectivity index (χ0) is 12.3. The SMILES string of the molecule is CC(C)Cc1cc(-c2cccc(N=O)n2)no1. The van der Waals surface area contributed by atoms with Crippen molar-refractivity contribution in [2.45, 2.75) is 20.3 Å². The minimum Gasteiger partial charge on any atom is -0.361 e. The van der Waals surface area contributed by atoms with Gasteiger partial charge in [0.2, 0.25) is 0 Å². The van der Waals surface area contributed by atoms with Crippen LogP contribution in [0.3, 0.4) is 0 Å². The Morgan fingerprint density at radius 2 is 2.18 bits per heavy atom. The molecule has 2 aromatic heterocycles. The van der Waals surface area contributed by atoms with Gasteiger partial charge >= 0.3 is 0 Å². The van der Waals surface area contributed by atoms with Crippen molar-refractivity contribution in [2.24, 2.45) is 11.1 Å². The van der Waals surface area contributed by atoms with E-state index in [1.807, 2.05) is 6.07 Å². The maximum atomic E-state index is 10.4. The Balaban J connectivity index is 2.26. The van der Waals surface area contributed by atoms with Crippen molar-refractivity contribution >= 4 is 5.82 Å². The molecule has 0 atom stereocenters. The first kappa shape index (κ1) is 11.4. The summed E-state index contributed by atoms with van der Waals surface area (Å²) in [6.07, 6.45) is 0.832. The number of aromatic nitrogens is 2. The Kier molecular flexibility index (Phi) is 3.27. The predicted octanol–water partition coefficient (Wildman–Crippen LogP) is 3.33. The highest BCUT2D eigenvalue weighted by Crippen LogP contribution is 2.20. The quantitative estimate of drug-likeness (QED) is 0.757. The standard InChI is InChI=1S/C12H13N3O2/c1-8(2)6-9-7-11(15-17-9)10-4-3-5-12(13-10)14-16/h3-5,7-8H,6H2,1-2H3. The molecule has 0 amide bonds. The molecule has 2 rings (SSSR count). The lowest BCUT2D eigenvalue weighted by Gasteiger charge is -1.97. The summed E-state index contributed by atoms with van der Waals surface area (Å²) in [5.41, 5.74) is 1.23. The van der Waals surface area contributed by atoms with E-state index in [0.717, 1.165) is 12.2 Å². The van der Waals surface area contributed by atoms with E-state index in [2.05, 4.69) is 29.2 Å². The second-order valence-electron chi connectivity index (χ2n) is 4.25. The van der Waals surface area contributed by atoms with Gasteiger partial charge < -0.3 is 4.52 Å². The first-order chi connectivity index (χ1) is 8.19. The largest absolute Gasteiger partial charge is 0.361 e. The van der Waals surface area contributed by atoms with Gasteiger partial charge in [-0.3, -0.25) is 0 Å². The Hall–Kier alpha value is -2.04. The summed E-state index contributed by atoms with van der Waals surface area (Å²) < 4.78 is 5.20. The minimum absolute atomic E-state index is 0.149. The van der Waals surface area contributed by atoms with Crippen molar-refractivity contribution in [1.82, 2.24) is 10.1 Å². The monoisotopic (exact) mass is 231 g/mol. The van der Waals surface area contributed by atoms with E-state index in [0.29, 0.717) is 17.3 Å². The van der Waals surface area contributed by atoms with Gasteiger partial charge in [-0.1, -0.05) is 25.1 Å². The summed E-state index contributed by atoms with van der Waals surface area (Å²) in [6, 6.07) is 6.88. The molecule has 0 bridgehead atoms. The molecule has 0 radical (unpaired) electrons. The predicted molar refractivity (Wildman–Crippen MR) is 63.7 cm³/mol. The summed E-state index contributed by atoms with van der Waals surface area (Å²) in [5, 5.41) is 6.73. The zero-order valence-corrected chi connectivity index (χ0v) is 9.75. The number of hydrogen-bond acceptors (Lipinski definition) is 5. The van der Waals surface area contributed by atoms with Gasteiger partial charge in [0.25, 0.3) is 0 Å². The molecule has 0 aliphatic carbocycles. The van der Waals surface area contributed by atoms with Crippen LogP contribution in [0.15, 0.2) is 34.0 Å². The van der Waals surface area contributed by atoms with Crippen molar-refractivity contribution in [1.29, 1.82) is 0 Å². The first-order valence-corrected chi connectivity index (χ1v) is 5.45. The van der Waals surface area contributed by atoms with Gasteiger partial charge in [0.05, 0.1) is 5.69 Å². The Bertz CT molecular complexity index is 520. The Morgan fingerprint density at radius 3 is 2.88 bits per heavy atom. The van der Waals surface area contributed by atoms with E-state index in [1.54, 1.807) is 18.2 Å². The van der Waals surface area contributed by atoms with Crippen molar-refractivity contribution in [3.05, 3.63) is 34.9 Å². The molecule has 0 N–H and O–H groups in total. The van der Waals surface area contributed by atoms with Crippen LogP contribution in [0.4, 0.5) is 5.82 Å². The molecular weight excluding hydrogens is 218 g/mol. The van der Waals surface area contributed by atoms with E-state index < -0.39 is 0 Å². The van der Waals surface area contributed by atoms with Gasteiger partial charge in [0.15, 0.2) is 5.82 Å². The van der Waals surface area contributed by atoms with Crippen molar-refractivity contribution in [3.8, 4) is 11.4 Å². The van der Waals surface area contributed by atoms with Crippen LogP contribution in [0.5, 0.6) is 0 Å². The zero-order valence-electron chi connectivity index (χ0n) is 9.75. The first-order valence-electron chi connectivity index (χ1n) is 5.45. The minimum atomic E-state index is 0.149. The van der Waals surface area contributed by atoms with Crippen LogP contribution in [0.2, 0.25) is 0 Å². The number of hydrogen-bond donors (Lipinski definition) is 0. The molecule has 0 unspecified atom stereocenters. The average Bonchev–Trinajstić information content (AvgIpc) is 2.77. The second-order valence-corrected chi connectivity index (χ2v) is 4.25. The summed E-state index contributed by atoms with van der Waals surface area (Å²) >= 11 is 0. The lowest BCUT2D eigenvalue weighted by atomic mass is 10.1. The Morgan fingerprint density at radius 1 is 1.35 bits per heavy atom. The fourth-order valence-electron chi connectivity index (χ4n) is 1.55. The molecule has 0 fully saturated rings. The fourth-order valence-corrected chi connectivity index (χ4v) is 1.55. The number of nitroso groups, excluding NO2 is 1. The van der Waals surface area contributed by atoms with Crippen LogP contribution in [0.1, 0.15) is 19.6 Å². The molecule has 0 saturated carbocycles. The number of pyridine rings is 1. The summed E-state index contributed by atoms with van der Waals surface area (Å²) in [7, 11) is 0. The lowest BCUT2D eigenvalue weighted by molar-refractivity contribution is 0.370. The summed E-state index contributed by atoms with van der Waals surface area (Å²) in [6.45, 7) is 4.22. The van der Waals surface area contributed by atoms with Gasteiger partial charge in [0.1, 0.15) is 11.5 Å². The van der Waals surface area contributed by atoms with E-state index >= 15 is 0 Å². The van der Waals surface area contributed by atoms with Crippen molar-refractivity contribution in [3.63, 3.8) is 0 Å². The summed E-state index contributed by atoms with van der Waals surface area (Å²) in [4.78, 5) is 14.4. The van der Waals surface area contributed by atoms with Crippen LogP contribution in [-0.4, -0.2) is 10.1 Å². The van der Waals surface area contributed by atoms with Crippen molar-refractivity contribution < 1.29 is 4.52 Å². The maximum absolute atomic E-state index is 10.4. The normalized spacial score (nSPS) is 10.8. The van der Waals surface area contributed by atoms with E-state index in [9.17, 15) is 4.91 Å². The average molecular weight is 231 g/mol. The Labute approximate surface area is 98.8 Å². The third-order valence-electron chi connectivity index (χ3n) is 2.26. The molecule has 0 saturated heterocycles. The van der Waals surface area contributed by atoms with Crippen LogP contribution >= 0.6 is 0 Å². The van der Waals surface area contributed by atoms with E-state index in [1.165, 1.54) is 0 Å². The second kappa shape index (κ2) is 4.86. The third-order valence-corrected chi connectivity index (χ3v) is 2.26. The maximum Gasteiger partial charge on any atom is 0.197 e. The van der Waals surface area contributed by atoms with Crippen LogP contribution < -0.4 is 0 Å². The molecule has 2 heterocycles. The van der Waals surface area contributed by atoms with Crippen LogP contribution in [0.25, 0.3) is 11.4 Å². The van der Waals surface area contributed by atoms with E-state index in [-0.39, 0.29) is 5.82 Å². The topological polar surface area (TPSA) is 68.3 Å². The van der Waals surface area contributed by atoms with Crippen molar-refractivity contribution in [2.75, 3.05) is 0 Å². The number of nitrogens with zero attached hydrogens (tertiary/aromatic N) is 3. The van der Waals surface area contributed by atoms with Gasteiger partial charge in [-0.25, -0.2) is 4.98 Å². The highest BCUT2D eigenvalue weighted by Gasteiger charge is 2.09. The highest BCUT2D eigenvalue weighted by atomic mass is 16.5. The van der Waals surface area contributed by atoms with E-state index in [4.69, 9.17) is 4.52 Å². The van der Waals surface area contributed by atoms with Gasteiger partial charge in [-0.2, -0.15) is 0 Å². The third kappa shape index (κ3) is 2.75. The van der Waals surface area contributed by atoms with Crippen LogP contribution in [-0.2, 0) is 6.42 Å². The highest BCUT2D eigenvalue weighted by molar-refractivity contribution is 5.55. The molecule has 0 aliphatic heterocycles. The molecule has 88 valence electrons. The molecule has 0 aromatic carbocycles.